The Morgan fingerprint density at radius 1 is 1.31 bits per heavy atom. The molecule has 1 unspecified atom stereocenters. The molecular weight excluding hydrogens is 350 g/mol. The lowest BCUT2D eigenvalue weighted by Crippen LogP contribution is -2.48. The predicted molar refractivity (Wildman–Crippen MR) is 105 cm³/mol. The SMILES string of the molecule is CSCCC(NC(=O)COc1ccccc1)C(=O)NCC1=CCNCC1. The highest BCUT2D eigenvalue weighted by molar-refractivity contribution is 7.98. The molecule has 1 aromatic carbocycles. The predicted octanol–water partition coefficient (Wildman–Crippen LogP) is 1.34. The summed E-state index contributed by atoms with van der Waals surface area (Å²) in [6, 6.07) is 8.61. The summed E-state index contributed by atoms with van der Waals surface area (Å²) in [6.07, 6.45) is 5.61. The molecule has 0 aliphatic carbocycles. The second-order valence-electron chi connectivity index (χ2n) is 6.04. The van der Waals surface area contributed by atoms with Gasteiger partial charge in [0.15, 0.2) is 6.61 Å². The number of benzene rings is 1. The van der Waals surface area contributed by atoms with E-state index in [4.69, 9.17) is 4.74 Å². The van der Waals surface area contributed by atoms with E-state index in [1.165, 1.54) is 5.57 Å². The first kappa shape index (κ1) is 20.3. The number of carbonyl (C=O) groups excluding carboxylic acids is 2. The molecule has 1 aliphatic rings. The molecule has 3 N–H and O–H groups in total. The van der Waals surface area contributed by atoms with Crippen LogP contribution in [0, 0.1) is 0 Å². The number of hydrogen-bond acceptors (Lipinski definition) is 5. The van der Waals surface area contributed by atoms with Crippen LogP contribution in [-0.4, -0.2) is 56.1 Å². The van der Waals surface area contributed by atoms with Crippen molar-refractivity contribution in [1.29, 1.82) is 0 Å². The van der Waals surface area contributed by atoms with Gasteiger partial charge in [-0.1, -0.05) is 29.8 Å². The Hall–Kier alpha value is -1.99. The van der Waals surface area contributed by atoms with Gasteiger partial charge >= 0.3 is 0 Å². The molecule has 0 fully saturated rings. The van der Waals surface area contributed by atoms with E-state index in [1.807, 2.05) is 24.5 Å². The van der Waals surface area contributed by atoms with Gasteiger partial charge in [-0.2, -0.15) is 11.8 Å². The maximum Gasteiger partial charge on any atom is 0.258 e. The van der Waals surface area contributed by atoms with Crippen LogP contribution in [0.2, 0.25) is 0 Å². The quantitative estimate of drug-likeness (QED) is 0.536. The van der Waals surface area contributed by atoms with Gasteiger partial charge in [0.25, 0.3) is 5.91 Å². The maximum atomic E-state index is 12.5. The molecule has 1 heterocycles. The van der Waals surface area contributed by atoms with Crippen molar-refractivity contribution in [2.24, 2.45) is 0 Å². The third-order valence-electron chi connectivity index (χ3n) is 4.02. The highest BCUT2D eigenvalue weighted by atomic mass is 32.2. The van der Waals surface area contributed by atoms with E-state index in [-0.39, 0.29) is 18.4 Å². The van der Waals surface area contributed by atoms with E-state index in [9.17, 15) is 9.59 Å². The van der Waals surface area contributed by atoms with Gasteiger partial charge in [-0.25, -0.2) is 0 Å². The smallest absolute Gasteiger partial charge is 0.258 e. The summed E-state index contributed by atoms with van der Waals surface area (Å²) in [4.78, 5) is 24.6. The summed E-state index contributed by atoms with van der Waals surface area (Å²) in [5.41, 5.74) is 1.22. The van der Waals surface area contributed by atoms with Crippen molar-refractivity contribution in [1.82, 2.24) is 16.0 Å². The number of nitrogens with one attached hydrogen (secondary N) is 3. The molecule has 0 bridgehead atoms. The van der Waals surface area contributed by atoms with Gasteiger partial charge in [0, 0.05) is 13.1 Å². The van der Waals surface area contributed by atoms with Crippen molar-refractivity contribution >= 4 is 23.6 Å². The summed E-state index contributed by atoms with van der Waals surface area (Å²) < 4.78 is 5.44. The van der Waals surface area contributed by atoms with E-state index < -0.39 is 6.04 Å². The van der Waals surface area contributed by atoms with Crippen LogP contribution in [0.25, 0.3) is 0 Å². The Morgan fingerprint density at radius 3 is 2.81 bits per heavy atom. The Balaban J connectivity index is 1.81. The lowest BCUT2D eigenvalue weighted by atomic mass is 10.1. The number of hydrogen-bond donors (Lipinski definition) is 3. The van der Waals surface area contributed by atoms with Crippen molar-refractivity contribution in [3.8, 4) is 5.75 Å². The van der Waals surface area contributed by atoms with E-state index >= 15 is 0 Å². The van der Waals surface area contributed by atoms with E-state index in [0.29, 0.717) is 18.7 Å². The fraction of sp³-hybridized carbons (Fsp3) is 0.474. The van der Waals surface area contributed by atoms with Crippen LogP contribution in [-0.2, 0) is 9.59 Å². The molecule has 1 aliphatic heterocycles. The number of carbonyl (C=O) groups is 2. The number of ether oxygens (including phenoxy) is 1. The standard InChI is InChI=1S/C19H27N3O3S/c1-26-12-9-17(19(24)21-13-15-7-10-20-11-8-15)22-18(23)14-25-16-5-3-2-4-6-16/h2-7,17,20H,8-14H2,1H3,(H,21,24)(H,22,23). The van der Waals surface area contributed by atoms with Gasteiger partial charge in [-0.05, 0) is 43.5 Å². The second-order valence-corrected chi connectivity index (χ2v) is 7.02. The Kier molecular flexibility index (Phi) is 9.06. The molecule has 0 aromatic heterocycles. The number of amides is 2. The van der Waals surface area contributed by atoms with Gasteiger partial charge in [-0.15, -0.1) is 0 Å². The second kappa shape index (κ2) is 11.6. The third kappa shape index (κ3) is 7.49. The molecule has 0 spiro atoms. The van der Waals surface area contributed by atoms with E-state index in [0.717, 1.165) is 25.3 Å². The van der Waals surface area contributed by atoms with Crippen molar-refractivity contribution < 1.29 is 14.3 Å². The van der Waals surface area contributed by atoms with Crippen molar-refractivity contribution in [2.75, 3.05) is 38.2 Å². The van der Waals surface area contributed by atoms with Gasteiger partial charge < -0.3 is 20.7 Å². The zero-order valence-electron chi connectivity index (χ0n) is 15.1. The number of rotatable bonds is 10. The number of thioether (sulfide) groups is 1. The highest BCUT2D eigenvalue weighted by Crippen LogP contribution is 2.08. The van der Waals surface area contributed by atoms with Crippen molar-refractivity contribution in [3.05, 3.63) is 42.0 Å². The lowest BCUT2D eigenvalue weighted by molar-refractivity contribution is -0.130. The minimum atomic E-state index is -0.545. The van der Waals surface area contributed by atoms with E-state index in [2.05, 4.69) is 22.0 Å². The van der Waals surface area contributed by atoms with Gasteiger partial charge in [0.2, 0.25) is 5.91 Å². The largest absolute Gasteiger partial charge is 0.484 e. The molecule has 6 nitrogen and oxygen atoms in total. The average Bonchev–Trinajstić information content (AvgIpc) is 2.69. The molecular formula is C19H27N3O3S. The Bertz CT molecular complexity index is 607. The lowest BCUT2D eigenvalue weighted by Gasteiger charge is -2.20. The molecule has 7 heteroatoms. The molecule has 1 atom stereocenters. The molecule has 0 radical (unpaired) electrons. The summed E-state index contributed by atoms with van der Waals surface area (Å²) in [7, 11) is 0. The third-order valence-corrected chi connectivity index (χ3v) is 4.67. The fourth-order valence-electron chi connectivity index (χ4n) is 2.56. The molecule has 2 rings (SSSR count). The Labute approximate surface area is 159 Å². The minimum Gasteiger partial charge on any atom is -0.484 e. The maximum absolute atomic E-state index is 12.5. The van der Waals surface area contributed by atoms with Crippen molar-refractivity contribution in [2.45, 2.75) is 18.9 Å². The van der Waals surface area contributed by atoms with Crippen LogP contribution in [0.4, 0.5) is 0 Å². The van der Waals surface area contributed by atoms with Crippen LogP contribution in [0.3, 0.4) is 0 Å². The molecule has 0 saturated carbocycles. The van der Waals surface area contributed by atoms with E-state index in [1.54, 1.807) is 23.9 Å². The van der Waals surface area contributed by atoms with Gasteiger partial charge in [0.1, 0.15) is 11.8 Å². The van der Waals surface area contributed by atoms with Crippen LogP contribution >= 0.6 is 11.8 Å². The van der Waals surface area contributed by atoms with Crippen LogP contribution in [0.5, 0.6) is 5.75 Å². The van der Waals surface area contributed by atoms with Crippen LogP contribution in [0.1, 0.15) is 12.8 Å². The summed E-state index contributed by atoms with van der Waals surface area (Å²) in [6.45, 7) is 2.20. The average molecular weight is 378 g/mol. The van der Waals surface area contributed by atoms with Crippen LogP contribution in [0.15, 0.2) is 42.0 Å². The minimum absolute atomic E-state index is 0.107. The fourth-order valence-corrected chi connectivity index (χ4v) is 3.03. The molecule has 142 valence electrons. The van der Waals surface area contributed by atoms with Crippen molar-refractivity contribution in [3.63, 3.8) is 0 Å². The normalized spacial score (nSPS) is 14.9. The van der Waals surface area contributed by atoms with Crippen LogP contribution < -0.4 is 20.7 Å². The van der Waals surface area contributed by atoms with Gasteiger partial charge in [0.05, 0.1) is 0 Å². The molecule has 0 saturated heterocycles. The first-order chi connectivity index (χ1) is 12.7. The zero-order valence-corrected chi connectivity index (χ0v) is 15.9. The molecule has 26 heavy (non-hydrogen) atoms. The first-order valence-corrected chi connectivity index (χ1v) is 10.2. The number of para-hydroxylation sites is 1. The zero-order chi connectivity index (χ0) is 18.6. The summed E-state index contributed by atoms with van der Waals surface area (Å²) in [5.74, 6) is 0.984. The van der Waals surface area contributed by atoms with Gasteiger partial charge in [-0.3, -0.25) is 9.59 Å². The highest BCUT2D eigenvalue weighted by Gasteiger charge is 2.20. The summed E-state index contributed by atoms with van der Waals surface area (Å²) >= 11 is 1.65. The first-order valence-electron chi connectivity index (χ1n) is 8.81. The molecule has 1 aromatic rings. The molecule has 2 amide bonds. The summed E-state index contributed by atoms with van der Waals surface area (Å²) in [5, 5.41) is 8.97. The topological polar surface area (TPSA) is 79.5 Å². The monoisotopic (exact) mass is 377 g/mol. The Morgan fingerprint density at radius 2 is 2.12 bits per heavy atom.